The molecule has 0 amide bonds. The van der Waals surface area contributed by atoms with E-state index < -0.39 is 0 Å². The van der Waals surface area contributed by atoms with Gasteiger partial charge in [0.1, 0.15) is 0 Å². The molecule has 1 aromatic rings. The Hall–Kier alpha value is -0.470. The molecular weight excluding hydrogens is 238 g/mol. The fourth-order valence-electron chi connectivity index (χ4n) is 1.81. The molecule has 1 aromatic carbocycles. The molecular formula is C16H27NS. The van der Waals surface area contributed by atoms with Crippen molar-refractivity contribution in [2.24, 2.45) is 5.41 Å². The Morgan fingerprint density at radius 1 is 1.17 bits per heavy atom. The molecule has 102 valence electrons. The molecule has 0 saturated carbocycles. The zero-order valence-electron chi connectivity index (χ0n) is 12.4. The normalized spacial score (nSPS) is 13.6. The van der Waals surface area contributed by atoms with E-state index in [1.165, 1.54) is 29.1 Å². The van der Waals surface area contributed by atoms with Crippen LogP contribution in [0, 0.1) is 5.41 Å². The Balaban J connectivity index is 2.35. The van der Waals surface area contributed by atoms with Gasteiger partial charge in [-0.25, -0.2) is 0 Å². The zero-order chi connectivity index (χ0) is 13.6. The van der Waals surface area contributed by atoms with Crippen LogP contribution >= 0.6 is 11.8 Å². The molecule has 0 aromatic heterocycles. The van der Waals surface area contributed by atoms with E-state index in [9.17, 15) is 0 Å². The minimum atomic E-state index is 0.435. The van der Waals surface area contributed by atoms with Gasteiger partial charge in [0.05, 0.1) is 0 Å². The summed E-state index contributed by atoms with van der Waals surface area (Å²) < 4.78 is 0. The molecule has 1 nitrogen and oxygen atoms in total. The molecule has 18 heavy (non-hydrogen) atoms. The number of hydrogen-bond donors (Lipinski definition) is 1. The van der Waals surface area contributed by atoms with Crippen molar-refractivity contribution in [1.82, 2.24) is 5.32 Å². The average Bonchev–Trinajstić information content (AvgIpc) is 2.33. The van der Waals surface area contributed by atoms with Crippen LogP contribution in [-0.4, -0.2) is 12.8 Å². The maximum atomic E-state index is 3.26. The second-order valence-electron chi connectivity index (χ2n) is 6.09. The number of hydrogen-bond acceptors (Lipinski definition) is 2. The van der Waals surface area contributed by atoms with E-state index in [1.807, 2.05) is 18.8 Å². The lowest BCUT2D eigenvalue weighted by atomic mass is 9.91. The van der Waals surface area contributed by atoms with E-state index in [4.69, 9.17) is 0 Å². The van der Waals surface area contributed by atoms with Gasteiger partial charge in [0.2, 0.25) is 0 Å². The van der Waals surface area contributed by atoms with Crippen molar-refractivity contribution in [2.75, 3.05) is 12.8 Å². The largest absolute Gasteiger partial charge is 0.313 e. The maximum absolute atomic E-state index is 3.26. The second kappa shape index (κ2) is 7.20. The molecule has 0 fully saturated rings. The first-order valence-corrected chi connectivity index (χ1v) is 7.81. The first-order chi connectivity index (χ1) is 8.42. The van der Waals surface area contributed by atoms with Crippen LogP contribution in [0.3, 0.4) is 0 Å². The lowest BCUT2D eigenvalue weighted by Gasteiger charge is -2.17. The highest BCUT2D eigenvalue weighted by molar-refractivity contribution is 7.99. The zero-order valence-corrected chi connectivity index (χ0v) is 13.2. The Labute approximate surface area is 117 Å². The van der Waals surface area contributed by atoms with Crippen LogP contribution in [0.2, 0.25) is 0 Å². The van der Waals surface area contributed by atoms with Crippen molar-refractivity contribution < 1.29 is 0 Å². The third-order valence-corrected chi connectivity index (χ3v) is 4.25. The lowest BCUT2D eigenvalue weighted by Crippen LogP contribution is -2.11. The van der Waals surface area contributed by atoms with Gasteiger partial charge in [-0.3, -0.25) is 0 Å². The van der Waals surface area contributed by atoms with Crippen molar-refractivity contribution in [3.63, 3.8) is 0 Å². The van der Waals surface area contributed by atoms with Gasteiger partial charge >= 0.3 is 0 Å². The molecule has 1 atom stereocenters. The summed E-state index contributed by atoms with van der Waals surface area (Å²) in [6, 6.07) is 9.38. The first-order valence-electron chi connectivity index (χ1n) is 6.82. The molecule has 0 heterocycles. The van der Waals surface area contributed by atoms with Crippen LogP contribution in [0.5, 0.6) is 0 Å². The summed E-state index contributed by atoms with van der Waals surface area (Å²) in [6.45, 7) is 9.12. The molecule has 0 saturated heterocycles. The lowest BCUT2D eigenvalue weighted by molar-refractivity contribution is 0.375. The summed E-state index contributed by atoms with van der Waals surface area (Å²) in [5.74, 6) is 1.22. The predicted molar refractivity (Wildman–Crippen MR) is 83.3 cm³/mol. The average molecular weight is 265 g/mol. The summed E-state index contributed by atoms with van der Waals surface area (Å²) in [6.07, 6.45) is 2.59. The smallest absolute Gasteiger partial charge is 0.0289 e. The summed E-state index contributed by atoms with van der Waals surface area (Å²) in [5, 5.41) is 3.26. The van der Waals surface area contributed by atoms with Crippen molar-refractivity contribution >= 4 is 11.8 Å². The van der Waals surface area contributed by atoms with E-state index in [0.29, 0.717) is 11.5 Å². The van der Waals surface area contributed by atoms with Crippen LogP contribution in [0.25, 0.3) is 0 Å². The summed E-state index contributed by atoms with van der Waals surface area (Å²) in [5.41, 5.74) is 1.82. The minimum absolute atomic E-state index is 0.435. The van der Waals surface area contributed by atoms with Gasteiger partial charge in [-0.1, -0.05) is 32.9 Å². The summed E-state index contributed by atoms with van der Waals surface area (Å²) in [7, 11) is 2.00. The van der Waals surface area contributed by atoms with E-state index in [2.05, 4.69) is 57.3 Å². The molecule has 1 N–H and O–H groups in total. The molecule has 2 heteroatoms. The topological polar surface area (TPSA) is 12.0 Å². The second-order valence-corrected chi connectivity index (χ2v) is 7.26. The van der Waals surface area contributed by atoms with Crippen LogP contribution in [0.15, 0.2) is 29.2 Å². The van der Waals surface area contributed by atoms with E-state index in [1.54, 1.807) is 0 Å². The molecule has 1 rings (SSSR count). The Bertz CT molecular complexity index is 337. The van der Waals surface area contributed by atoms with Gasteiger partial charge in [-0.05, 0) is 55.7 Å². The number of nitrogens with one attached hydrogen (secondary N) is 1. The van der Waals surface area contributed by atoms with Gasteiger partial charge in [0, 0.05) is 10.9 Å². The van der Waals surface area contributed by atoms with E-state index >= 15 is 0 Å². The van der Waals surface area contributed by atoms with Gasteiger partial charge in [0.15, 0.2) is 0 Å². The highest BCUT2D eigenvalue weighted by atomic mass is 32.2. The van der Waals surface area contributed by atoms with Gasteiger partial charge < -0.3 is 5.32 Å². The third-order valence-electron chi connectivity index (χ3n) is 3.15. The fourth-order valence-corrected chi connectivity index (χ4v) is 2.66. The number of rotatable bonds is 6. The standard InChI is InChI=1S/C16H27NS/c1-13(17-5)14-7-9-15(10-8-14)18-12-6-11-16(2,3)4/h7-10,13,17H,6,11-12H2,1-5H3. The first kappa shape index (κ1) is 15.6. The molecule has 0 spiro atoms. The number of thioether (sulfide) groups is 1. The molecule has 0 bridgehead atoms. The van der Waals surface area contributed by atoms with Gasteiger partial charge in [-0.15, -0.1) is 11.8 Å². The van der Waals surface area contributed by atoms with Gasteiger partial charge in [-0.2, -0.15) is 0 Å². The Kier molecular flexibility index (Phi) is 6.24. The predicted octanol–water partition coefficient (Wildman–Crippen LogP) is 4.89. The summed E-state index contributed by atoms with van der Waals surface area (Å²) >= 11 is 1.97. The highest BCUT2D eigenvalue weighted by Gasteiger charge is 2.09. The molecule has 0 aliphatic heterocycles. The van der Waals surface area contributed by atoms with Crippen LogP contribution < -0.4 is 5.32 Å². The van der Waals surface area contributed by atoms with Crippen LogP contribution in [0.4, 0.5) is 0 Å². The van der Waals surface area contributed by atoms with E-state index in [0.717, 1.165) is 0 Å². The highest BCUT2D eigenvalue weighted by Crippen LogP contribution is 2.25. The monoisotopic (exact) mass is 265 g/mol. The quantitative estimate of drug-likeness (QED) is 0.581. The van der Waals surface area contributed by atoms with Crippen molar-refractivity contribution in [2.45, 2.75) is 51.5 Å². The molecule has 0 aliphatic rings. The molecule has 0 aliphatic carbocycles. The fraction of sp³-hybridized carbons (Fsp3) is 0.625. The number of benzene rings is 1. The summed E-state index contributed by atoms with van der Waals surface area (Å²) in [4.78, 5) is 1.39. The SMILES string of the molecule is CNC(C)c1ccc(SCCCC(C)(C)C)cc1. The maximum Gasteiger partial charge on any atom is 0.0289 e. The van der Waals surface area contributed by atoms with Crippen molar-refractivity contribution in [3.05, 3.63) is 29.8 Å². The van der Waals surface area contributed by atoms with Crippen LogP contribution in [-0.2, 0) is 0 Å². The Morgan fingerprint density at radius 2 is 1.78 bits per heavy atom. The molecule has 1 unspecified atom stereocenters. The van der Waals surface area contributed by atoms with Crippen LogP contribution in [0.1, 0.15) is 52.1 Å². The Morgan fingerprint density at radius 3 is 2.28 bits per heavy atom. The minimum Gasteiger partial charge on any atom is -0.313 e. The molecule has 0 radical (unpaired) electrons. The third kappa shape index (κ3) is 5.92. The van der Waals surface area contributed by atoms with Gasteiger partial charge in [0.25, 0.3) is 0 Å². The van der Waals surface area contributed by atoms with E-state index in [-0.39, 0.29) is 0 Å². The van der Waals surface area contributed by atoms with Crippen molar-refractivity contribution in [3.8, 4) is 0 Å². The van der Waals surface area contributed by atoms with Crippen molar-refractivity contribution in [1.29, 1.82) is 0 Å².